The van der Waals surface area contributed by atoms with Crippen molar-refractivity contribution in [3.8, 4) is 5.75 Å². The minimum absolute atomic E-state index is 0.00228. The van der Waals surface area contributed by atoms with E-state index in [1.165, 1.54) is 0 Å². The van der Waals surface area contributed by atoms with Crippen LogP contribution in [0.3, 0.4) is 0 Å². The minimum Gasteiger partial charge on any atom is -0.289 e. The van der Waals surface area contributed by atoms with Crippen LogP contribution in [0.1, 0.15) is 15.9 Å². The molecule has 3 nitrogen and oxygen atoms in total. The van der Waals surface area contributed by atoms with Gasteiger partial charge in [-0.05, 0) is 12.1 Å². The highest BCUT2D eigenvalue weighted by molar-refractivity contribution is 6.08. The van der Waals surface area contributed by atoms with Crippen LogP contribution in [0.5, 0.6) is 5.75 Å². The second-order valence-electron chi connectivity index (χ2n) is 4.55. The van der Waals surface area contributed by atoms with Crippen molar-refractivity contribution in [2.75, 3.05) is 0 Å². The summed E-state index contributed by atoms with van der Waals surface area (Å²) in [7, 11) is 0. The number of carbonyl (C=O) groups is 1. The van der Waals surface area contributed by atoms with Crippen molar-refractivity contribution in [2.24, 2.45) is 0 Å². The van der Waals surface area contributed by atoms with Gasteiger partial charge in [0.2, 0.25) is 18.1 Å². The third-order valence-corrected chi connectivity index (χ3v) is 3.05. The normalized spacial score (nSPS) is 10.1. The number of para-hydroxylation sites is 1. The predicted octanol–water partition coefficient (Wildman–Crippen LogP) is 3.05. The molecule has 3 heteroatoms. The molecular formula is C18H14NO2+. The number of carbonyl (C=O) groups excluding carboxylic acids is 1. The SMILES string of the molecule is O=C(c1ccccc1)c1cc[n+](Oc2ccccc2)cc1. The quantitative estimate of drug-likeness (QED) is 0.541. The molecule has 0 radical (unpaired) electrons. The van der Waals surface area contributed by atoms with Crippen LogP contribution < -0.4 is 9.57 Å². The van der Waals surface area contributed by atoms with E-state index in [0.717, 1.165) is 5.75 Å². The molecule has 1 aromatic heterocycles. The van der Waals surface area contributed by atoms with E-state index in [1.807, 2.05) is 60.7 Å². The van der Waals surface area contributed by atoms with Crippen LogP contribution in [-0.2, 0) is 0 Å². The summed E-state index contributed by atoms with van der Waals surface area (Å²) in [5.41, 5.74) is 1.31. The van der Waals surface area contributed by atoms with Crippen LogP contribution in [0, 0.1) is 0 Å². The first kappa shape index (κ1) is 13.1. The fourth-order valence-corrected chi connectivity index (χ4v) is 1.98. The zero-order valence-electron chi connectivity index (χ0n) is 11.3. The van der Waals surface area contributed by atoms with E-state index in [2.05, 4.69) is 0 Å². The summed E-state index contributed by atoms with van der Waals surface area (Å²) in [5.74, 6) is 0.743. The second kappa shape index (κ2) is 6.01. The van der Waals surface area contributed by atoms with Crippen LogP contribution in [0.4, 0.5) is 0 Å². The fraction of sp³-hybridized carbons (Fsp3) is 0. The largest absolute Gasteiger partial charge is 0.289 e. The van der Waals surface area contributed by atoms with Gasteiger partial charge in [-0.1, -0.05) is 48.5 Å². The number of rotatable bonds is 4. The molecule has 0 N–H and O–H groups in total. The molecule has 0 aliphatic carbocycles. The van der Waals surface area contributed by atoms with E-state index in [0.29, 0.717) is 11.1 Å². The van der Waals surface area contributed by atoms with Crippen LogP contribution in [0.2, 0.25) is 0 Å². The summed E-state index contributed by atoms with van der Waals surface area (Å²) in [4.78, 5) is 17.9. The number of benzene rings is 2. The van der Waals surface area contributed by atoms with Crippen molar-refractivity contribution in [3.63, 3.8) is 0 Å². The fourth-order valence-electron chi connectivity index (χ4n) is 1.98. The third-order valence-electron chi connectivity index (χ3n) is 3.05. The molecule has 2 aromatic carbocycles. The Labute approximate surface area is 123 Å². The number of aromatic nitrogens is 1. The summed E-state index contributed by atoms with van der Waals surface area (Å²) >= 11 is 0. The minimum atomic E-state index is 0.00228. The van der Waals surface area contributed by atoms with Gasteiger partial charge in [0.25, 0.3) is 0 Å². The highest BCUT2D eigenvalue weighted by Crippen LogP contribution is 2.09. The summed E-state index contributed by atoms with van der Waals surface area (Å²) in [6.07, 6.45) is 3.45. The Bertz CT molecular complexity index is 722. The summed E-state index contributed by atoms with van der Waals surface area (Å²) in [6, 6.07) is 22.2. The Morgan fingerprint density at radius 3 is 1.86 bits per heavy atom. The van der Waals surface area contributed by atoms with E-state index < -0.39 is 0 Å². The van der Waals surface area contributed by atoms with E-state index in [-0.39, 0.29) is 5.78 Å². The number of nitrogens with zero attached hydrogens (tertiary/aromatic N) is 1. The van der Waals surface area contributed by atoms with Gasteiger partial charge in [-0.3, -0.25) is 4.79 Å². The molecule has 0 bridgehead atoms. The molecule has 0 spiro atoms. The molecule has 0 saturated heterocycles. The molecule has 0 saturated carbocycles. The van der Waals surface area contributed by atoms with E-state index in [1.54, 1.807) is 29.3 Å². The number of pyridine rings is 1. The lowest BCUT2D eigenvalue weighted by molar-refractivity contribution is -0.875. The molecule has 21 heavy (non-hydrogen) atoms. The molecule has 0 atom stereocenters. The first-order chi connectivity index (χ1) is 10.3. The highest BCUT2D eigenvalue weighted by Gasteiger charge is 2.11. The van der Waals surface area contributed by atoms with Crippen molar-refractivity contribution in [2.45, 2.75) is 0 Å². The predicted molar refractivity (Wildman–Crippen MR) is 79.0 cm³/mol. The van der Waals surface area contributed by atoms with Crippen molar-refractivity contribution >= 4 is 5.78 Å². The summed E-state index contributed by atoms with van der Waals surface area (Å²) < 4.78 is 1.57. The van der Waals surface area contributed by atoms with Gasteiger partial charge in [0.15, 0.2) is 5.78 Å². The van der Waals surface area contributed by atoms with E-state index in [4.69, 9.17) is 4.84 Å². The van der Waals surface area contributed by atoms with Gasteiger partial charge < -0.3 is 0 Å². The monoisotopic (exact) mass is 276 g/mol. The molecular weight excluding hydrogens is 262 g/mol. The van der Waals surface area contributed by atoms with Gasteiger partial charge in [-0.15, -0.1) is 0 Å². The maximum absolute atomic E-state index is 12.3. The molecule has 102 valence electrons. The van der Waals surface area contributed by atoms with Crippen molar-refractivity contribution in [1.82, 2.24) is 0 Å². The zero-order chi connectivity index (χ0) is 14.5. The van der Waals surface area contributed by atoms with Crippen LogP contribution in [-0.4, -0.2) is 5.78 Å². The first-order valence-corrected chi connectivity index (χ1v) is 6.67. The topological polar surface area (TPSA) is 30.2 Å². The Morgan fingerprint density at radius 1 is 0.714 bits per heavy atom. The smallest absolute Gasteiger partial charge is 0.223 e. The average molecular weight is 276 g/mol. The Kier molecular flexibility index (Phi) is 3.74. The lowest BCUT2D eigenvalue weighted by atomic mass is 10.1. The Hall–Kier alpha value is -2.94. The van der Waals surface area contributed by atoms with Crippen molar-refractivity contribution in [1.29, 1.82) is 0 Å². The van der Waals surface area contributed by atoms with Crippen molar-refractivity contribution in [3.05, 3.63) is 96.3 Å². The van der Waals surface area contributed by atoms with Crippen LogP contribution >= 0.6 is 0 Å². The van der Waals surface area contributed by atoms with E-state index >= 15 is 0 Å². The molecule has 0 aliphatic rings. The molecule has 0 amide bonds. The molecule has 0 fully saturated rings. The zero-order valence-corrected chi connectivity index (χ0v) is 11.3. The first-order valence-electron chi connectivity index (χ1n) is 6.67. The summed E-state index contributed by atoms with van der Waals surface area (Å²) in [6.45, 7) is 0. The Balaban J connectivity index is 1.77. The number of hydrogen-bond acceptors (Lipinski definition) is 2. The van der Waals surface area contributed by atoms with Gasteiger partial charge in [0.1, 0.15) is 0 Å². The maximum Gasteiger partial charge on any atom is 0.223 e. The molecule has 3 aromatic rings. The van der Waals surface area contributed by atoms with Crippen LogP contribution in [0.15, 0.2) is 85.2 Å². The Morgan fingerprint density at radius 2 is 1.24 bits per heavy atom. The van der Waals surface area contributed by atoms with Crippen LogP contribution in [0.25, 0.3) is 0 Å². The average Bonchev–Trinajstić information content (AvgIpc) is 2.57. The number of hydrogen-bond donors (Lipinski definition) is 0. The van der Waals surface area contributed by atoms with Gasteiger partial charge >= 0.3 is 0 Å². The molecule has 1 heterocycles. The molecule has 0 unspecified atom stereocenters. The van der Waals surface area contributed by atoms with Gasteiger partial charge in [-0.25, -0.2) is 4.84 Å². The van der Waals surface area contributed by atoms with E-state index in [9.17, 15) is 4.79 Å². The van der Waals surface area contributed by atoms with Crippen molar-refractivity contribution < 1.29 is 14.4 Å². The lowest BCUT2D eigenvalue weighted by Gasteiger charge is -2.00. The standard InChI is InChI=1S/C18H14NO2/c20-18(15-7-3-1-4-8-15)16-11-13-19(14-12-16)21-17-9-5-2-6-10-17/h1-14H/q+1. The van der Waals surface area contributed by atoms with Gasteiger partial charge in [-0.2, -0.15) is 0 Å². The molecule has 3 rings (SSSR count). The summed E-state index contributed by atoms with van der Waals surface area (Å²) in [5, 5.41) is 0. The maximum atomic E-state index is 12.3. The second-order valence-corrected chi connectivity index (χ2v) is 4.55. The van der Waals surface area contributed by atoms with Gasteiger partial charge in [0, 0.05) is 28.0 Å². The van der Waals surface area contributed by atoms with Gasteiger partial charge in [0.05, 0.1) is 0 Å². The number of ketones is 1. The lowest BCUT2D eigenvalue weighted by Crippen LogP contribution is -2.38. The molecule has 0 aliphatic heterocycles. The highest BCUT2D eigenvalue weighted by atomic mass is 16.7. The third kappa shape index (κ3) is 3.15.